The maximum Gasteiger partial charge on any atom is 0.338 e. The van der Waals surface area contributed by atoms with E-state index in [-0.39, 0.29) is 22.5 Å². The van der Waals surface area contributed by atoms with Crippen molar-refractivity contribution in [2.45, 2.75) is 24.5 Å². The van der Waals surface area contributed by atoms with Crippen LogP contribution in [0.15, 0.2) is 107 Å². The average Bonchev–Trinajstić information content (AvgIpc) is 3.32. The minimum atomic E-state index is -1.58. The van der Waals surface area contributed by atoms with Gasteiger partial charge in [0.2, 0.25) is 0 Å². The third-order valence-electron chi connectivity index (χ3n) is 6.42. The highest BCUT2D eigenvalue weighted by atomic mass is 16.7. The topological polar surface area (TPSA) is 169 Å². The van der Waals surface area contributed by atoms with E-state index in [4.69, 9.17) is 24.7 Å². The standard InChI is InChI=1S/C30H25N3O9/c31-22-16-23(34)33(30(38)32-22)26-25(42-29(37)20-14-8-3-9-15-20)24(41-28(36)19-12-6-2-7-13-19)21(40-26)17-39-27(35)18-10-4-1-5-11-18/h1-16,21,24-26H,17,31H2,(H,32,38)/t21-,24-,25-,26?/m1/s1. The number of ether oxygens (including phenoxy) is 4. The highest BCUT2D eigenvalue weighted by Crippen LogP contribution is 2.34. The van der Waals surface area contributed by atoms with E-state index in [1.54, 1.807) is 66.7 Å². The molecule has 0 radical (unpaired) electrons. The first-order chi connectivity index (χ1) is 20.3. The van der Waals surface area contributed by atoms with Gasteiger partial charge in [0, 0.05) is 6.07 Å². The van der Waals surface area contributed by atoms with Crippen molar-refractivity contribution in [2.24, 2.45) is 0 Å². The van der Waals surface area contributed by atoms with Crippen LogP contribution in [0.25, 0.3) is 0 Å². The molecule has 1 aliphatic rings. The lowest BCUT2D eigenvalue weighted by Gasteiger charge is -2.24. The number of nitrogens with one attached hydrogen (secondary N) is 1. The van der Waals surface area contributed by atoms with Crippen LogP contribution in [0, 0.1) is 0 Å². The Bertz CT molecular complexity index is 1660. The number of anilines is 1. The molecule has 12 nitrogen and oxygen atoms in total. The summed E-state index contributed by atoms with van der Waals surface area (Å²) >= 11 is 0. The van der Waals surface area contributed by atoms with Gasteiger partial charge in [0.25, 0.3) is 5.56 Å². The Balaban J connectivity index is 1.52. The molecule has 1 unspecified atom stereocenters. The van der Waals surface area contributed by atoms with Gasteiger partial charge >= 0.3 is 23.6 Å². The molecule has 1 aromatic heterocycles. The number of aromatic nitrogens is 2. The SMILES string of the molecule is Nc1cc(=O)n(C2O[C@H](COC(=O)c3ccccc3)[C@@H](OC(=O)c3ccccc3)[C@H]2OC(=O)c2ccccc2)c(=O)[nH]1. The van der Waals surface area contributed by atoms with Gasteiger partial charge in [0.15, 0.2) is 18.4 Å². The van der Waals surface area contributed by atoms with Crippen molar-refractivity contribution in [2.75, 3.05) is 12.3 Å². The van der Waals surface area contributed by atoms with E-state index < -0.39 is 60.3 Å². The van der Waals surface area contributed by atoms with E-state index in [2.05, 4.69) is 4.98 Å². The molecule has 0 spiro atoms. The van der Waals surface area contributed by atoms with Gasteiger partial charge in [-0.05, 0) is 36.4 Å². The number of aromatic amines is 1. The minimum absolute atomic E-state index is 0.155. The molecule has 2 heterocycles. The summed E-state index contributed by atoms with van der Waals surface area (Å²) < 4.78 is 23.6. The number of carbonyl (C=O) groups excluding carboxylic acids is 3. The average molecular weight is 572 g/mol. The Morgan fingerprint density at radius 1 is 0.738 bits per heavy atom. The predicted molar refractivity (Wildman–Crippen MR) is 148 cm³/mol. The van der Waals surface area contributed by atoms with Crippen molar-refractivity contribution in [1.82, 2.24) is 9.55 Å². The summed E-state index contributed by atoms with van der Waals surface area (Å²) in [7, 11) is 0. The van der Waals surface area contributed by atoms with Crippen LogP contribution in [0.3, 0.4) is 0 Å². The molecular weight excluding hydrogens is 546 g/mol. The summed E-state index contributed by atoms with van der Waals surface area (Å²) in [5.74, 6) is -2.53. The number of rotatable bonds is 8. The number of nitrogen functional groups attached to an aromatic ring is 1. The molecule has 0 amide bonds. The van der Waals surface area contributed by atoms with Crippen LogP contribution in [0.1, 0.15) is 37.3 Å². The van der Waals surface area contributed by atoms with Gasteiger partial charge in [0.1, 0.15) is 18.5 Å². The van der Waals surface area contributed by atoms with Gasteiger partial charge in [-0.1, -0.05) is 54.6 Å². The van der Waals surface area contributed by atoms with Gasteiger partial charge in [-0.25, -0.2) is 23.7 Å². The van der Waals surface area contributed by atoms with E-state index in [0.29, 0.717) is 4.57 Å². The Labute approximate surface area is 238 Å². The van der Waals surface area contributed by atoms with Gasteiger partial charge in [-0.2, -0.15) is 0 Å². The molecule has 12 heteroatoms. The smallest absolute Gasteiger partial charge is 0.338 e. The minimum Gasteiger partial charge on any atom is -0.459 e. The number of H-pyrrole nitrogens is 1. The summed E-state index contributed by atoms with van der Waals surface area (Å²) in [6.07, 6.45) is -5.77. The maximum absolute atomic E-state index is 13.2. The molecule has 4 aromatic rings. The molecule has 3 N–H and O–H groups in total. The van der Waals surface area contributed by atoms with E-state index >= 15 is 0 Å². The number of hydrogen-bond donors (Lipinski definition) is 2. The third-order valence-corrected chi connectivity index (χ3v) is 6.42. The Hall–Kier alpha value is -5.49. The summed E-state index contributed by atoms with van der Waals surface area (Å²) in [5.41, 5.74) is 4.38. The molecule has 1 fully saturated rings. The van der Waals surface area contributed by atoms with Crippen molar-refractivity contribution < 1.29 is 33.3 Å². The third kappa shape index (κ3) is 6.13. The maximum atomic E-state index is 13.2. The van der Waals surface area contributed by atoms with Gasteiger partial charge < -0.3 is 24.7 Å². The zero-order chi connectivity index (χ0) is 29.6. The Morgan fingerprint density at radius 2 is 1.21 bits per heavy atom. The van der Waals surface area contributed by atoms with Crippen LogP contribution in [-0.2, 0) is 18.9 Å². The second-order valence-corrected chi connectivity index (χ2v) is 9.24. The van der Waals surface area contributed by atoms with Crippen molar-refractivity contribution in [3.8, 4) is 0 Å². The van der Waals surface area contributed by atoms with E-state index in [9.17, 15) is 24.0 Å². The number of benzene rings is 3. The molecule has 1 saturated heterocycles. The van der Waals surface area contributed by atoms with E-state index in [1.165, 1.54) is 24.3 Å². The number of nitrogens with zero attached hydrogens (tertiary/aromatic N) is 1. The predicted octanol–water partition coefficient (Wildman–Crippen LogP) is 2.32. The van der Waals surface area contributed by atoms with E-state index in [0.717, 1.165) is 6.07 Å². The highest BCUT2D eigenvalue weighted by molar-refractivity contribution is 5.91. The molecule has 42 heavy (non-hydrogen) atoms. The molecular formula is C30H25N3O9. The largest absolute Gasteiger partial charge is 0.459 e. The first-order valence-corrected chi connectivity index (χ1v) is 12.8. The monoisotopic (exact) mass is 571 g/mol. The zero-order valence-corrected chi connectivity index (χ0v) is 22.0. The highest BCUT2D eigenvalue weighted by Gasteiger charge is 2.52. The van der Waals surface area contributed by atoms with Crippen LogP contribution in [0.4, 0.5) is 5.82 Å². The molecule has 0 bridgehead atoms. The lowest BCUT2D eigenvalue weighted by atomic mass is 10.1. The Kier molecular flexibility index (Phi) is 8.25. The normalized spacial score (nSPS) is 19.5. The van der Waals surface area contributed by atoms with Gasteiger partial charge in [0.05, 0.1) is 16.7 Å². The molecule has 214 valence electrons. The Morgan fingerprint density at radius 3 is 1.71 bits per heavy atom. The number of hydrogen-bond acceptors (Lipinski definition) is 10. The number of esters is 3. The fourth-order valence-corrected chi connectivity index (χ4v) is 4.43. The van der Waals surface area contributed by atoms with E-state index in [1.807, 2.05) is 0 Å². The van der Waals surface area contributed by atoms with Crippen LogP contribution in [-0.4, -0.2) is 52.4 Å². The van der Waals surface area contributed by atoms with Crippen LogP contribution >= 0.6 is 0 Å². The summed E-state index contributed by atoms with van der Waals surface area (Å²) in [6.45, 7) is -0.474. The number of carbonyl (C=O) groups is 3. The lowest BCUT2D eigenvalue weighted by Crippen LogP contribution is -2.45. The first kappa shape index (κ1) is 28.1. The molecule has 3 aromatic carbocycles. The second-order valence-electron chi connectivity index (χ2n) is 9.24. The van der Waals surface area contributed by atoms with Crippen molar-refractivity contribution in [3.05, 3.63) is 135 Å². The second kappa shape index (κ2) is 12.4. The fraction of sp³-hybridized carbons (Fsp3) is 0.167. The lowest BCUT2D eigenvalue weighted by molar-refractivity contribution is -0.0652. The fourth-order valence-electron chi connectivity index (χ4n) is 4.43. The quantitative estimate of drug-likeness (QED) is 0.236. The molecule has 1 aliphatic heterocycles. The van der Waals surface area contributed by atoms with Crippen molar-refractivity contribution in [1.29, 1.82) is 0 Å². The summed E-state index contributed by atoms with van der Waals surface area (Å²) in [4.78, 5) is 67.1. The first-order valence-electron chi connectivity index (χ1n) is 12.8. The van der Waals surface area contributed by atoms with Crippen LogP contribution in [0.5, 0.6) is 0 Å². The van der Waals surface area contributed by atoms with Crippen LogP contribution < -0.4 is 17.0 Å². The van der Waals surface area contributed by atoms with Crippen LogP contribution in [0.2, 0.25) is 0 Å². The van der Waals surface area contributed by atoms with Crippen molar-refractivity contribution in [3.63, 3.8) is 0 Å². The molecule has 0 aliphatic carbocycles. The number of nitrogens with two attached hydrogens (primary N) is 1. The molecule has 4 atom stereocenters. The summed E-state index contributed by atoms with van der Waals surface area (Å²) in [5, 5.41) is 0. The summed E-state index contributed by atoms with van der Waals surface area (Å²) in [6, 6.07) is 25.0. The zero-order valence-electron chi connectivity index (χ0n) is 22.0. The van der Waals surface area contributed by atoms with Gasteiger partial charge in [-0.15, -0.1) is 0 Å². The molecule has 5 rings (SSSR count). The van der Waals surface area contributed by atoms with Gasteiger partial charge in [-0.3, -0.25) is 9.78 Å². The molecule has 0 saturated carbocycles. The van der Waals surface area contributed by atoms with Crippen molar-refractivity contribution >= 4 is 23.7 Å².